The van der Waals surface area contributed by atoms with E-state index in [1.54, 1.807) is 18.2 Å². The largest absolute Gasteiger partial charge is 0.461 e. The second kappa shape index (κ2) is 9.06. The van der Waals surface area contributed by atoms with Gasteiger partial charge >= 0.3 is 0 Å². The molecule has 0 fully saturated rings. The van der Waals surface area contributed by atoms with Gasteiger partial charge in [-0.3, -0.25) is 9.59 Å². The zero-order valence-corrected chi connectivity index (χ0v) is 19.6. The van der Waals surface area contributed by atoms with E-state index in [-0.39, 0.29) is 16.8 Å². The van der Waals surface area contributed by atoms with Crippen LogP contribution in [0.5, 0.6) is 0 Å². The Bertz CT molecular complexity index is 1350. The van der Waals surface area contributed by atoms with Crippen LogP contribution in [-0.4, -0.2) is 23.3 Å². The highest BCUT2D eigenvalue weighted by Crippen LogP contribution is 2.32. The molecule has 8 heteroatoms. The SMILES string of the molecule is O=C(Nc1cccc(-c2cc3c(o2)CCN(C(=O)c2cccs2)C3)c1)c1ccc(Cl)cc1Cl. The fourth-order valence-corrected chi connectivity index (χ4v) is 5.01. The Morgan fingerprint density at radius 2 is 1.91 bits per heavy atom. The Kier molecular flexibility index (Phi) is 5.98. The number of fused-ring (bicyclic) bond motifs is 1. The molecule has 1 aliphatic rings. The molecule has 4 aromatic rings. The highest BCUT2D eigenvalue weighted by molar-refractivity contribution is 7.12. The third-order valence-corrected chi connectivity index (χ3v) is 6.87. The smallest absolute Gasteiger partial charge is 0.264 e. The van der Waals surface area contributed by atoms with Crippen LogP contribution in [0.15, 0.2) is 70.5 Å². The van der Waals surface area contributed by atoms with E-state index >= 15 is 0 Å². The Morgan fingerprint density at radius 1 is 1.03 bits per heavy atom. The molecule has 0 saturated carbocycles. The van der Waals surface area contributed by atoms with Crippen LogP contribution in [0, 0.1) is 0 Å². The van der Waals surface area contributed by atoms with E-state index in [9.17, 15) is 9.59 Å². The number of hydrogen-bond acceptors (Lipinski definition) is 4. The number of thiophene rings is 1. The molecule has 166 valence electrons. The minimum Gasteiger partial charge on any atom is -0.461 e. The molecule has 1 N–H and O–H groups in total. The summed E-state index contributed by atoms with van der Waals surface area (Å²) in [4.78, 5) is 27.9. The lowest BCUT2D eigenvalue weighted by Crippen LogP contribution is -2.35. The van der Waals surface area contributed by atoms with Gasteiger partial charge in [0.15, 0.2) is 0 Å². The van der Waals surface area contributed by atoms with Crippen molar-refractivity contribution >= 4 is 52.0 Å². The lowest BCUT2D eigenvalue weighted by Gasteiger charge is -2.25. The minimum atomic E-state index is -0.324. The molecule has 33 heavy (non-hydrogen) atoms. The first kappa shape index (κ1) is 21.8. The van der Waals surface area contributed by atoms with Gasteiger partial charge in [-0.05, 0) is 47.8 Å². The third-order valence-electron chi connectivity index (χ3n) is 5.47. The molecule has 2 aromatic carbocycles. The number of nitrogens with zero attached hydrogens (tertiary/aromatic N) is 1. The average molecular weight is 497 g/mol. The standard InChI is InChI=1S/C25H18Cl2N2O3S/c26-17-6-7-19(20(27)13-17)24(30)28-18-4-1-3-15(11-18)22-12-16-14-29(9-8-21(16)32-22)25(31)23-5-2-10-33-23/h1-7,10-13H,8-9,14H2,(H,28,30). The molecule has 0 unspecified atom stereocenters. The maximum Gasteiger partial charge on any atom is 0.264 e. The zero-order chi connectivity index (χ0) is 22.9. The Balaban J connectivity index is 1.34. The highest BCUT2D eigenvalue weighted by atomic mass is 35.5. The molecule has 5 rings (SSSR count). The van der Waals surface area contributed by atoms with Crippen LogP contribution in [0.1, 0.15) is 31.4 Å². The molecule has 0 radical (unpaired) electrons. The number of carbonyl (C=O) groups is 2. The maximum atomic E-state index is 12.7. The van der Waals surface area contributed by atoms with Gasteiger partial charge in [0.2, 0.25) is 0 Å². The molecule has 1 aliphatic heterocycles. The molecule has 0 bridgehead atoms. The quantitative estimate of drug-likeness (QED) is 0.339. The van der Waals surface area contributed by atoms with Crippen molar-refractivity contribution in [2.75, 3.05) is 11.9 Å². The number of nitrogens with one attached hydrogen (secondary N) is 1. The summed E-state index contributed by atoms with van der Waals surface area (Å²) in [6, 6.07) is 17.9. The fraction of sp³-hybridized carbons (Fsp3) is 0.120. The number of hydrogen-bond donors (Lipinski definition) is 1. The Hall–Kier alpha value is -3.06. The maximum absolute atomic E-state index is 12.7. The van der Waals surface area contributed by atoms with E-state index in [0.717, 1.165) is 21.8 Å². The van der Waals surface area contributed by atoms with Crippen molar-refractivity contribution in [3.8, 4) is 11.3 Å². The fourth-order valence-electron chi connectivity index (χ4n) is 3.83. The van der Waals surface area contributed by atoms with Gasteiger partial charge in [0.25, 0.3) is 11.8 Å². The first-order valence-corrected chi connectivity index (χ1v) is 11.9. The van der Waals surface area contributed by atoms with E-state index < -0.39 is 0 Å². The molecule has 2 aromatic heterocycles. The number of anilines is 1. The van der Waals surface area contributed by atoms with Crippen molar-refractivity contribution in [1.82, 2.24) is 4.90 Å². The molecule has 5 nitrogen and oxygen atoms in total. The Labute approximate surface area is 204 Å². The van der Waals surface area contributed by atoms with Gasteiger partial charge in [0.1, 0.15) is 11.5 Å². The average Bonchev–Trinajstić information content (AvgIpc) is 3.48. The normalized spacial score (nSPS) is 13.0. The van der Waals surface area contributed by atoms with Crippen molar-refractivity contribution in [2.45, 2.75) is 13.0 Å². The molecule has 0 aliphatic carbocycles. The summed E-state index contributed by atoms with van der Waals surface area (Å²) >= 11 is 13.5. The lowest BCUT2D eigenvalue weighted by molar-refractivity contribution is 0.0734. The van der Waals surface area contributed by atoms with E-state index in [2.05, 4.69) is 5.32 Å². The van der Waals surface area contributed by atoms with Crippen LogP contribution in [0.25, 0.3) is 11.3 Å². The van der Waals surface area contributed by atoms with Gasteiger partial charge in [0.05, 0.1) is 15.5 Å². The van der Waals surface area contributed by atoms with Crippen molar-refractivity contribution in [1.29, 1.82) is 0 Å². The van der Waals surface area contributed by atoms with Crippen LogP contribution < -0.4 is 5.32 Å². The summed E-state index contributed by atoms with van der Waals surface area (Å²) in [7, 11) is 0. The van der Waals surface area contributed by atoms with Crippen molar-refractivity contribution < 1.29 is 14.0 Å². The van der Waals surface area contributed by atoms with Crippen LogP contribution in [0.2, 0.25) is 10.0 Å². The second-order valence-corrected chi connectivity index (χ2v) is 9.46. The first-order chi connectivity index (χ1) is 16.0. The summed E-state index contributed by atoms with van der Waals surface area (Å²) in [6.07, 6.45) is 0.665. The number of carbonyl (C=O) groups excluding carboxylic acids is 2. The summed E-state index contributed by atoms with van der Waals surface area (Å²) in [6.45, 7) is 1.13. The summed E-state index contributed by atoms with van der Waals surface area (Å²) < 4.78 is 6.10. The summed E-state index contributed by atoms with van der Waals surface area (Å²) in [5.74, 6) is 1.31. The molecule has 2 amide bonds. The summed E-state index contributed by atoms with van der Waals surface area (Å²) in [5.41, 5.74) is 2.80. The van der Waals surface area contributed by atoms with E-state index in [1.165, 1.54) is 17.4 Å². The van der Waals surface area contributed by atoms with Crippen LogP contribution in [0.4, 0.5) is 5.69 Å². The molecular weight excluding hydrogens is 479 g/mol. The second-order valence-electron chi connectivity index (χ2n) is 7.67. The van der Waals surface area contributed by atoms with Crippen molar-refractivity contribution in [2.24, 2.45) is 0 Å². The van der Waals surface area contributed by atoms with E-state index in [4.69, 9.17) is 27.6 Å². The molecule has 0 saturated heterocycles. The third kappa shape index (κ3) is 4.55. The topological polar surface area (TPSA) is 62.6 Å². The van der Waals surface area contributed by atoms with Crippen LogP contribution in [0.3, 0.4) is 0 Å². The molecule has 0 spiro atoms. The molecule has 3 heterocycles. The van der Waals surface area contributed by atoms with Gasteiger partial charge in [-0.15, -0.1) is 11.3 Å². The monoisotopic (exact) mass is 496 g/mol. The number of halogens is 2. The summed E-state index contributed by atoms with van der Waals surface area (Å²) in [5, 5.41) is 5.53. The van der Waals surface area contributed by atoms with Crippen molar-refractivity contribution in [3.63, 3.8) is 0 Å². The van der Waals surface area contributed by atoms with Gasteiger partial charge in [0, 0.05) is 41.3 Å². The number of furan rings is 1. The van der Waals surface area contributed by atoms with Gasteiger partial charge in [-0.1, -0.05) is 41.4 Å². The number of benzene rings is 2. The van der Waals surface area contributed by atoms with Crippen molar-refractivity contribution in [3.05, 3.63) is 97.9 Å². The highest BCUT2D eigenvalue weighted by Gasteiger charge is 2.25. The van der Waals surface area contributed by atoms with Crippen LogP contribution in [-0.2, 0) is 13.0 Å². The zero-order valence-electron chi connectivity index (χ0n) is 17.3. The lowest BCUT2D eigenvalue weighted by atomic mass is 10.1. The molecular formula is C25H18Cl2N2O3S. The van der Waals surface area contributed by atoms with Gasteiger partial charge < -0.3 is 14.6 Å². The van der Waals surface area contributed by atoms with Gasteiger partial charge in [-0.2, -0.15) is 0 Å². The predicted molar refractivity (Wildman–Crippen MR) is 131 cm³/mol. The van der Waals surface area contributed by atoms with Crippen LogP contribution >= 0.6 is 34.5 Å². The minimum absolute atomic E-state index is 0.0453. The first-order valence-electron chi connectivity index (χ1n) is 10.3. The number of rotatable bonds is 4. The van der Waals surface area contributed by atoms with E-state index in [0.29, 0.717) is 41.5 Å². The Morgan fingerprint density at radius 3 is 2.70 bits per heavy atom. The number of amides is 2. The van der Waals surface area contributed by atoms with E-state index in [1.807, 2.05) is 46.7 Å². The molecule has 0 atom stereocenters. The predicted octanol–water partition coefficient (Wildman–Crippen LogP) is 6.77. The van der Waals surface area contributed by atoms with Gasteiger partial charge in [-0.25, -0.2) is 0 Å².